The predicted octanol–water partition coefficient (Wildman–Crippen LogP) is 2.23. The lowest BCUT2D eigenvalue weighted by Crippen LogP contribution is -2.44. The van der Waals surface area contributed by atoms with Gasteiger partial charge >= 0.3 is 0 Å². The van der Waals surface area contributed by atoms with Gasteiger partial charge in [-0.2, -0.15) is 0 Å². The zero-order valence-electron chi connectivity index (χ0n) is 13.9. The third-order valence-electron chi connectivity index (χ3n) is 3.90. The van der Waals surface area contributed by atoms with E-state index in [4.69, 9.17) is 0 Å². The molecule has 0 radical (unpaired) electrons. The van der Waals surface area contributed by atoms with E-state index in [0.29, 0.717) is 6.54 Å². The highest BCUT2D eigenvalue weighted by Crippen LogP contribution is 2.30. The Balaban J connectivity index is 2.18. The normalized spacial score (nSPS) is 16.8. The number of rotatable bonds is 4. The van der Waals surface area contributed by atoms with Crippen LogP contribution in [0.25, 0.3) is 0 Å². The number of nitro benzene ring substituents is 1. The van der Waals surface area contributed by atoms with Crippen molar-refractivity contribution in [3.63, 3.8) is 0 Å². The summed E-state index contributed by atoms with van der Waals surface area (Å²) in [6.07, 6.45) is 0. The SMILES string of the molecule is CN1CCN(c2ccc(CNC(C)(C)C)cc2[N+](=O)[O-])CC1. The molecule has 1 N–H and O–H groups in total. The van der Waals surface area contributed by atoms with Crippen LogP contribution in [0.15, 0.2) is 18.2 Å². The van der Waals surface area contributed by atoms with E-state index in [9.17, 15) is 10.1 Å². The molecule has 0 bridgehead atoms. The molecule has 6 heteroatoms. The lowest BCUT2D eigenvalue weighted by molar-refractivity contribution is -0.384. The van der Waals surface area contributed by atoms with Gasteiger partial charge in [-0.1, -0.05) is 6.07 Å². The van der Waals surface area contributed by atoms with Gasteiger partial charge in [0.1, 0.15) is 5.69 Å². The number of likely N-dealkylation sites (N-methyl/N-ethyl adjacent to an activating group) is 1. The van der Waals surface area contributed by atoms with Crippen molar-refractivity contribution in [2.75, 3.05) is 38.1 Å². The Morgan fingerprint density at radius 2 is 1.86 bits per heavy atom. The smallest absolute Gasteiger partial charge is 0.292 e. The van der Waals surface area contributed by atoms with Gasteiger partial charge in [0, 0.05) is 44.3 Å². The predicted molar refractivity (Wildman–Crippen MR) is 89.4 cm³/mol. The molecule has 1 aromatic carbocycles. The Morgan fingerprint density at radius 1 is 1.23 bits per heavy atom. The van der Waals surface area contributed by atoms with Crippen LogP contribution in [0.5, 0.6) is 0 Å². The third kappa shape index (κ3) is 4.42. The first-order valence-corrected chi connectivity index (χ1v) is 7.72. The quantitative estimate of drug-likeness (QED) is 0.683. The summed E-state index contributed by atoms with van der Waals surface area (Å²) in [6, 6.07) is 5.58. The fraction of sp³-hybridized carbons (Fsp3) is 0.625. The zero-order chi connectivity index (χ0) is 16.3. The van der Waals surface area contributed by atoms with Crippen LogP contribution >= 0.6 is 0 Å². The van der Waals surface area contributed by atoms with Crippen molar-refractivity contribution in [1.82, 2.24) is 10.2 Å². The summed E-state index contributed by atoms with van der Waals surface area (Å²) in [4.78, 5) is 15.5. The van der Waals surface area contributed by atoms with E-state index in [1.807, 2.05) is 12.1 Å². The van der Waals surface area contributed by atoms with E-state index in [2.05, 4.69) is 42.9 Å². The maximum Gasteiger partial charge on any atom is 0.292 e. The maximum atomic E-state index is 11.4. The number of hydrogen-bond donors (Lipinski definition) is 1. The molecular weight excluding hydrogens is 280 g/mol. The van der Waals surface area contributed by atoms with Crippen molar-refractivity contribution in [3.8, 4) is 0 Å². The molecule has 1 saturated heterocycles. The van der Waals surface area contributed by atoms with Crippen LogP contribution in [0.3, 0.4) is 0 Å². The van der Waals surface area contributed by atoms with Gasteiger partial charge in [0.2, 0.25) is 0 Å². The van der Waals surface area contributed by atoms with Crippen LogP contribution in [0.2, 0.25) is 0 Å². The minimum Gasteiger partial charge on any atom is -0.363 e. The Hall–Kier alpha value is -1.66. The Morgan fingerprint density at radius 3 is 2.41 bits per heavy atom. The lowest BCUT2D eigenvalue weighted by atomic mass is 10.1. The van der Waals surface area contributed by atoms with E-state index in [-0.39, 0.29) is 16.1 Å². The van der Waals surface area contributed by atoms with E-state index in [1.165, 1.54) is 0 Å². The summed E-state index contributed by atoms with van der Waals surface area (Å²) >= 11 is 0. The monoisotopic (exact) mass is 306 g/mol. The summed E-state index contributed by atoms with van der Waals surface area (Å²) in [7, 11) is 2.08. The van der Waals surface area contributed by atoms with Crippen molar-refractivity contribution in [2.45, 2.75) is 32.9 Å². The molecule has 2 rings (SSSR count). The van der Waals surface area contributed by atoms with Gasteiger partial charge in [-0.05, 0) is 39.4 Å². The van der Waals surface area contributed by atoms with Crippen LogP contribution < -0.4 is 10.2 Å². The standard InChI is InChI=1S/C16H26N4O2/c1-16(2,3)17-12-13-5-6-14(15(11-13)20(21)22)19-9-7-18(4)8-10-19/h5-6,11,17H,7-10,12H2,1-4H3. The Kier molecular flexibility index (Phi) is 5.03. The minimum atomic E-state index is -0.270. The van der Waals surface area contributed by atoms with Crippen molar-refractivity contribution >= 4 is 11.4 Å². The van der Waals surface area contributed by atoms with Crippen LogP contribution in [0.4, 0.5) is 11.4 Å². The van der Waals surface area contributed by atoms with Crippen LogP contribution in [-0.4, -0.2) is 48.6 Å². The molecule has 122 valence electrons. The maximum absolute atomic E-state index is 11.4. The van der Waals surface area contributed by atoms with E-state index in [0.717, 1.165) is 37.4 Å². The molecule has 1 heterocycles. The van der Waals surface area contributed by atoms with Crippen molar-refractivity contribution in [1.29, 1.82) is 0 Å². The summed E-state index contributed by atoms with van der Waals surface area (Å²) in [5, 5.41) is 14.8. The van der Waals surface area contributed by atoms with Crippen molar-refractivity contribution in [3.05, 3.63) is 33.9 Å². The summed E-state index contributed by atoms with van der Waals surface area (Å²) < 4.78 is 0. The topological polar surface area (TPSA) is 61.6 Å². The average molecular weight is 306 g/mol. The van der Waals surface area contributed by atoms with Gasteiger partial charge < -0.3 is 15.1 Å². The van der Waals surface area contributed by atoms with Gasteiger partial charge in [0.15, 0.2) is 0 Å². The summed E-state index contributed by atoms with van der Waals surface area (Å²) in [5.41, 5.74) is 1.88. The minimum absolute atomic E-state index is 0.00902. The molecule has 6 nitrogen and oxygen atoms in total. The highest BCUT2D eigenvalue weighted by Gasteiger charge is 2.23. The molecule has 0 saturated carbocycles. The number of nitro groups is 1. The number of anilines is 1. The van der Waals surface area contributed by atoms with Gasteiger partial charge in [-0.3, -0.25) is 10.1 Å². The molecule has 0 aliphatic carbocycles. The fourth-order valence-electron chi connectivity index (χ4n) is 2.51. The van der Waals surface area contributed by atoms with Crippen molar-refractivity contribution in [2.24, 2.45) is 0 Å². The number of piperazine rings is 1. The lowest BCUT2D eigenvalue weighted by Gasteiger charge is -2.33. The molecule has 0 aromatic heterocycles. The average Bonchev–Trinajstić information content (AvgIpc) is 2.45. The first-order chi connectivity index (χ1) is 10.3. The molecule has 0 atom stereocenters. The first-order valence-electron chi connectivity index (χ1n) is 7.72. The molecule has 22 heavy (non-hydrogen) atoms. The number of nitrogens with one attached hydrogen (secondary N) is 1. The second-order valence-electron chi connectivity index (χ2n) is 6.97. The number of benzene rings is 1. The van der Waals surface area contributed by atoms with Crippen LogP contribution in [-0.2, 0) is 6.54 Å². The fourth-order valence-corrected chi connectivity index (χ4v) is 2.51. The largest absolute Gasteiger partial charge is 0.363 e. The van der Waals surface area contributed by atoms with Gasteiger partial charge in [-0.25, -0.2) is 0 Å². The van der Waals surface area contributed by atoms with Crippen molar-refractivity contribution < 1.29 is 4.92 Å². The molecular formula is C16H26N4O2. The van der Waals surface area contributed by atoms with Gasteiger partial charge in [0.05, 0.1) is 4.92 Å². The van der Waals surface area contributed by atoms with E-state index < -0.39 is 0 Å². The zero-order valence-corrected chi connectivity index (χ0v) is 13.9. The molecule has 1 aromatic rings. The van der Waals surface area contributed by atoms with Crippen LogP contribution in [0.1, 0.15) is 26.3 Å². The molecule has 0 spiro atoms. The summed E-state index contributed by atoms with van der Waals surface area (Å²) in [6.45, 7) is 10.4. The Bertz CT molecular complexity index is 531. The second-order valence-corrected chi connectivity index (χ2v) is 6.97. The molecule has 0 amide bonds. The molecule has 1 aliphatic rings. The van der Waals surface area contributed by atoms with Crippen LogP contribution in [0, 0.1) is 10.1 Å². The number of nitrogens with zero attached hydrogens (tertiary/aromatic N) is 3. The Labute approximate surface area is 132 Å². The second kappa shape index (κ2) is 6.62. The third-order valence-corrected chi connectivity index (χ3v) is 3.90. The van der Waals surface area contributed by atoms with Gasteiger partial charge in [0.25, 0.3) is 5.69 Å². The molecule has 0 unspecified atom stereocenters. The van der Waals surface area contributed by atoms with Gasteiger partial charge in [-0.15, -0.1) is 0 Å². The molecule has 1 aliphatic heterocycles. The first kappa shape index (κ1) is 16.7. The van der Waals surface area contributed by atoms with E-state index in [1.54, 1.807) is 6.07 Å². The summed E-state index contributed by atoms with van der Waals surface area (Å²) in [5.74, 6) is 0. The number of hydrogen-bond acceptors (Lipinski definition) is 5. The highest BCUT2D eigenvalue weighted by atomic mass is 16.6. The highest BCUT2D eigenvalue weighted by molar-refractivity contribution is 5.64. The van der Waals surface area contributed by atoms with E-state index >= 15 is 0 Å². The molecule has 1 fully saturated rings.